The van der Waals surface area contributed by atoms with Gasteiger partial charge in [0.1, 0.15) is 6.61 Å². The van der Waals surface area contributed by atoms with Crippen molar-refractivity contribution >= 4 is 29.3 Å². The van der Waals surface area contributed by atoms with Crippen LogP contribution in [0.3, 0.4) is 0 Å². The maximum absolute atomic E-state index is 10.7. The third-order valence-corrected chi connectivity index (χ3v) is 3.07. The molecule has 4 heteroatoms. The van der Waals surface area contributed by atoms with Crippen LogP contribution in [0, 0.1) is 0 Å². The molecule has 0 atom stereocenters. The quantitative estimate of drug-likeness (QED) is 0.444. The van der Waals surface area contributed by atoms with Crippen LogP contribution in [0.4, 0.5) is 0 Å². The molecule has 0 N–H and O–H groups in total. The number of carbonyl (C=O) groups is 1. The minimum atomic E-state index is -0.368. The molecule has 0 saturated carbocycles. The molecule has 0 aliphatic rings. The zero-order valence-corrected chi connectivity index (χ0v) is 10.4. The van der Waals surface area contributed by atoms with Gasteiger partial charge in [-0.3, -0.25) is 0 Å². The number of carbonyl (C=O) groups excluding carboxylic acids is 1. The van der Waals surface area contributed by atoms with E-state index in [4.69, 9.17) is 16.3 Å². The summed E-state index contributed by atoms with van der Waals surface area (Å²) < 4.78 is 4.85. The molecule has 0 spiro atoms. The van der Waals surface area contributed by atoms with Crippen LogP contribution in [-0.4, -0.2) is 18.3 Å². The smallest absolute Gasteiger partial charge is 0.330 e. The highest BCUT2D eigenvalue weighted by Crippen LogP contribution is 2.15. The van der Waals surface area contributed by atoms with Gasteiger partial charge in [-0.2, -0.15) is 11.8 Å². The predicted molar refractivity (Wildman–Crippen MR) is 68.8 cm³/mol. The molecule has 0 radical (unpaired) electrons. The molecule has 0 heterocycles. The number of hydrogen-bond donors (Lipinski definition) is 0. The molecule has 0 aromatic heterocycles. The molecular formula is C12H13ClO2S. The predicted octanol–water partition coefficient (Wildman–Crippen LogP) is 3.30. The van der Waals surface area contributed by atoms with Gasteiger partial charge in [0.05, 0.1) is 0 Å². The van der Waals surface area contributed by atoms with Gasteiger partial charge in [-0.05, 0) is 17.7 Å². The van der Waals surface area contributed by atoms with Gasteiger partial charge < -0.3 is 4.74 Å². The molecule has 1 aromatic carbocycles. The number of esters is 1. The fourth-order valence-electron chi connectivity index (χ4n) is 1.03. The summed E-state index contributed by atoms with van der Waals surface area (Å²) in [6, 6.07) is 7.72. The van der Waals surface area contributed by atoms with E-state index >= 15 is 0 Å². The van der Waals surface area contributed by atoms with Gasteiger partial charge in [-0.1, -0.05) is 30.3 Å². The molecular weight excluding hydrogens is 244 g/mol. The van der Waals surface area contributed by atoms with E-state index in [1.54, 1.807) is 11.8 Å². The Morgan fingerprint density at radius 2 is 2.12 bits per heavy atom. The van der Waals surface area contributed by atoms with Crippen LogP contribution in [0.1, 0.15) is 5.56 Å². The Balaban J connectivity index is 2.14. The third-order valence-electron chi connectivity index (χ3n) is 1.82. The maximum Gasteiger partial charge on any atom is 0.330 e. The summed E-state index contributed by atoms with van der Waals surface area (Å²) in [7, 11) is 0. The van der Waals surface area contributed by atoms with Crippen LogP contribution < -0.4 is 0 Å². The van der Waals surface area contributed by atoms with E-state index in [0.29, 0.717) is 6.61 Å². The molecule has 0 aliphatic carbocycles. The molecule has 86 valence electrons. The Hall–Kier alpha value is -0.930. The van der Waals surface area contributed by atoms with Gasteiger partial charge in [0.2, 0.25) is 0 Å². The first-order valence-corrected chi connectivity index (χ1v) is 6.37. The highest BCUT2D eigenvalue weighted by Gasteiger charge is 1.97. The van der Waals surface area contributed by atoms with Gasteiger partial charge in [-0.15, -0.1) is 0 Å². The second-order valence-corrected chi connectivity index (χ2v) is 4.59. The summed E-state index contributed by atoms with van der Waals surface area (Å²) in [4.78, 5) is 10.7. The second-order valence-electron chi connectivity index (χ2n) is 3.05. The van der Waals surface area contributed by atoms with Gasteiger partial charge >= 0.3 is 5.97 Å². The largest absolute Gasteiger partial charge is 0.462 e. The molecule has 1 rings (SSSR count). The molecule has 0 bridgehead atoms. The lowest BCUT2D eigenvalue weighted by molar-refractivity contribution is -0.137. The van der Waals surface area contributed by atoms with Crippen LogP contribution >= 0.6 is 23.4 Å². The molecule has 0 fully saturated rings. The van der Waals surface area contributed by atoms with Crippen molar-refractivity contribution in [3.8, 4) is 0 Å². The van der Waals surface area contributed by atoms with Crippen LogP contribution in [0.15, 0.2) is 36.9 Å². The second kappa shape index (κ2) is 7.36. The Labute approximate surface area is 105 Å². The summed E-state index contributed by atoms with van der Waals surface area (Å²) in [5, 5.41) is 0.744. The highest BCUT2D eigenvalue weighted by atomic mass is 35.5. The maximum atomic E-state index is 10.7. The fraction of sp³-hybridized carbons (Fsp3) is 0.250. The lowest BCUT2D eigenvalue weighted by Crippen LogP contribution is -2.03. The number of benzene rings is 1. The van der Waals surface area contributed by atoms with E-state index in [-0.39, 0.29) is 5.97 Å². The Kier molecular flexibility index (Phi) is 6.04. The first kappa shape index (κ1) is 13.1. The Morgan fingerprint density at radius 3 is 2.75 bits per heavy atom. The van der Waals surface area contributed by atoms with Crippen molar-refractivity contribution < 1.29 is 9.53 Å². The van der Waals surface area contributed by atoms with E-state index < -0.39 is 0 Å². The van der Waals surface area contributed by atoms with Crippen LogP contribution in [-0.2, 0) is 15.3 Å². The molecule has 0 amide bonds. The SMILES string of the molecule is C=CC(=O)OCCSCc1ccc(Cl)cc1. The van der Waals surface area contributed by atoms with Crippen LogP contribution in [0.5, 0.6) is 0 Å². The van der Waals surface area contributed by atoms with E-state index in [1.165, 1.54) is 11.6 Å². The van der Waals surface area contributed by atoms with Crippen molar-refractivity contribution in [2.24, 2.45) is 0 Å². The normalized spacial score (nSPS) is 9.81. The average molecular weight is 257 g/mol. The summed E-state index contributed by atoms with van der Waals surface area (Å²) in [5.74, 6) is 1.30. The Bertz CT molecular complexity index is 349. The van der Waals surface area contributed by atoms with Gasteiger partial charge in [0.15, 0.2) is 0 Å². The molecule has 0 aliphatic heterocycles. The molecule has 2 nitrogen and oxygen atoms in total. The van der Waals surface area contributed by atoms with Gasteiger partial charge in [-0.25, -0.2) is 4.79 Å². The average Bonchev–Trinajstić information content (AvgIpc) is 2.31. The van der Waals surface area contributed by atoms with E-state index in [2.05, 4.69) is 6.58 Å². The van der Waals surface area contributed by atoms with E-state index in [0.717, 1.165) is 16.5 Å². The molecule has 0 saturated heterocycles. The summed E-state index contributed by atoms with van der Waals surface area (Å²) in [6.45, 7) is 3.74. The summed E-state index contributed by atoms with van der Waals surface area (Å²) in [5.41, 5.74) is 1.21. The van der Waals surface area contributed by atoms with Crippen molar-refractivity contribution in [1.29, 1.82) is 0 Å². The summed E-state index contributed by atoms with van der Waals surface area (Å²) in [6.07, 6.45) is 1.17. The van der Waals surface area contributed by atoms with Crippen LogP contribution in [0.25, 0.3) is 0 Å². The monoisotopic (exact) mass is 256 g/mol. The number of halogens is 1. The molecule has 16 heavy (non-hydrogen) atoms. The third kappa shape index (κ3) is 5.24. The van der Waals surface area contributed by atoms with Crippen molar-refractivity contribution in [2.45, 2.75) is 5.75 Å². The lowest BCUT2D eigenvalue weighted by atomic mass is 10.2. The minimum absolute atomic E-state index is 0.368. The molecule has 1 aromatic rings. The number of thioether (sulfide) groups is 1. The number of rotatable bonds is 6. The van der Waals surface area contributed by atoms with Crippen molar-refractivity contribution in [1.82, 2.24) is 0 Å². The number of ether oxygens (including phenoxy) is 1. The van der Waals surface area contributed by atoms with E-state index in [9.17, 15) is 4.79 Å². The highest BCUT2D eigenvalue weighted by molar-refractivity contribution is 7.98. The van der Waals surface area contributed by atoms with Crippen LogP contribution in [0.2, 0.25) is 5.02 Å². The van der Waals surface area contributed by atoms with Crippen molar-refractivity contribution in [3.05, 3.63) is 47.5 Å². The van der Waals surface area contributed by atoms with Crippen molar-refractivity contribution in [3.63, 3.8) is 0 Å². The summed E-state index contributed by atoms with van der Waals surface area (Å²) >= 11 is 7.48. The zero-order valence-electron chi connectivity index (χ0n) is 8.82. The number of hydrogen-bond acceptors (Lipinski definition) is 3. The first-order valence-electron chi connectivity index (χ1n) is 4.84. The zero-order chi connectivity index (χ0) is 11.8. The standard InChI is InChI=1S/C12H13ClO2S/c1-2-12(14)15-7-8-16-9-10-3-5-11(13)6-4-10/h2-6H,1,7-9H2. The molecule has 0 unspecified atom stereocenters. The van der Waals surface area contributed by atoms with Crippen molar-refractivity contribution in [2.75, 3.05) is 12.4 Å². The van der Waals surface area contributed by atoms with Gasteiger partial charge in [0, 0.05) is 22.6 Å². The lowest BCUT2D eigenvalue weighted by Gasteiger charge is -2.02. The first-order chi connectivity index (χ1) is 7.72. The minimum Gasteiger partial charge on any atom is -0.462 e. The topological polar surface area (TPSA) is 26.3 Å². The van der Waals surface area contributed by atoms with E-state index in [1.807, 2.05) is 24.3 Å². The van der Waals surface area contributed by atoms with Gasteiger partial charge in [0.25, 0.3) is 0 Å². The Morgan fingerprint density at radius 1 is 1.44 bits per heavy atom. The fourth-order valence-corrected chi connectivity index (χ4v) is 1.93.